The maximum absolute atomic E-state index is 13.6. The molecular formula is C26H22ClFN6. The molecule has 6 nitrogen and oxygen atoms in total. The fourth-order valence-corrected chi connectivity index (χ4v) is 4.19. The predicted molar refractivity (Wildman–Crippen MR) is 132 cm³/mol. The Morgan fingerprint density at radius 2 is 1.94 bits per heavy atom. The monoisotopic (exact) mass is 472 g/mol. The molecule has 170 valence electrons. The quantitative estimate of drug-likeness (QED) is 0.325. The van der Waals surface area contributed by atoms with E-state index in [0.29, 0.717) is 11.6 Å². The topological polar surface area (TPSA) is 68.5 Å². The molecule has 0 saturated heterocycles. The van der Waals surface area contributed by atoms with Crippen LogP contribution in [0.2, 0.25) is 5.02 Å². The SMILES string of the molecule is CC(Cc1cnccn1)Nc1cc(-c2ccc3ncn(Cc4cccc(F)c4)c3c2)c(Cl)cn1. The second-order valence-electron chi connectivity index (χ2n) is 8.20. The molecule has 3 heterocycles. The highest BCUT2D eigenvalue weighted by atomic mass is 35.5. The van der Waals surface area contributed by atoms with Gasteiger partial charge in [-0.25, -0.2) is 14.4 Å². The summed E-state index contributed by atoms with van der Waals surface area (Å²) in [6.07, 6.45) is 9.27. The largest absolute Gasteiger partial charge is 0.367 e. The van der Waals surface area contributed by atoms with Gasteiger partial charge in [0.2, 0.25) is 0 Å². The van der Waals surface area contributed by atoms with Crippen molar-refractivity contribution in [3.63, 3.8) is 0 Å². The van der Waals surface area contributed by atoms with Crippen LogP contribution < -0.4 is 5.32 Å². The number of benzene rings is 2. The number of fused-ring (bicyclic) bond motifs is 1. The van der Waals surface area contributed by atoms with Crippen molar-refractivity contribution in [3.05, 3.63) is 102 Å². The van der Waals surface area contributed by atoms with E-state index < -0.39 is 0 Å². The molecule has 2 aromatic carbocycles. The van der Waals surface area contributed by atoms with E-state index in [1.165, 1.54) is 12.1 Å². The Balaban J connectivity index is 1.41. The normalized spacial score (nSPS) is 12.1. The van der Waals surface area contributed by atoms with E-state index in [1.807, 2.05) is 28.8 Å². The highest BCUT2D eigenvalue weighted by Gasteiger charge is 2.12. The van der Waals surface area contributed by atoms with Crippen molar-refractivity contribution in [2.45, 2.75) is 25.9 Å². The van der Waals surface area contributed by atoms with Gasteiger partial charge < -0.3 is 9.88 Å². The van der Waals surface area contributed by atoms with E-state index in [2.05, 4.69) is 38.2 Å². The standard InChI is InChI=1S/C26H22ClFN6/c1-17(9-21-13-29-7-8-30-21)33-26-12-22(23(27)14-31-26)19-5-6-24-25(11-19)34(16-32-24)15-18-3-2-4-20(28)10-18/h2-8,10-14,16-17H,9,15H2,1H3,(H,31,33). The first kappa shape index (κ1) is 22.0. The van der Waals surface area contributed by atoms with Crippen LogP contribution in [0, 0.1) is 5.82 Å². The van der Waals surface area contributed by atoms with E-state index in [9.17, 15) is 4.39 Å². The van der Waals surface area contributed by atoms with Crippen LogP contribution >= 0.6 is 11.6 Å². The zero-order valence-electron chi connectivity index (χ0n) is 18.5. The number of nitrogens with zero attached hydrogens (tertiary/aromatic N) is 5. The number of hydrogen-bond donors (Lipinski definition) is 1. The molecule has 5 aromatic rings. The summed E-state index contributed by atoms with van der Waals surface area (Å²) in [5, 5.41) is 3.98. The fraction of sp³-hybridized carbons (Fsp3) is 0.154. The third-order valence-electron chi connectivity index (χ3n) is 5.56. The Kier molecular flexibility index (Phi) is 6.18. The van der Waals surface area contributed by atoms with E-state index in [4.69, 9.17) is 11.6 Å². The molecular weight excluding hydrogens is 451 g/mol. The van der Waals surface area contributed by atoms with Crippen LogP contribution in [0.5, 0.6) is 0 Å². The van der Waals surface area contributed by atoms with Gasteiger partial charge in [0.1, 0.15) is 11.6 Å². The molecule has 1 unspecified atom stereocenters. The van der Waals surface area contributed by atoms with Crippen molar-refractivity contribution < 1.29 is 4.39 Å². The van der Waals surface area contributed by atoms with Crippen molar-refractivity contribution in [1.82, 2.24) is 24.5 Å². The number of aromatic nitrogens is 5. The van der Waals surface area contributed by atoms with Gasteiger partial charge in [-0.15, -0.1) is 0 Å². The van der Waals surface area contributed by atoms with Gasteiger partial charge in [0.25, 0.3) is 0 Å². The molecule has 3 aromatic heterocycles. The molecule has 1 N–H and O–H groups in total. The minimum Gasteiger partial charge on any atom is -0.367 e. The molecule has 0 spiro atoms. The summed E-state index contributed by atoms with van der Waals surface area (Å²) in [7, 11) is 0. The predicted octanol–water partition coefficient (Wildman–Crippen LogP) is 5.77. The van der Waals surface area contributed by atoms with Crippen LogP contribution in [0.3, 0.4) is 0 Å². The lowest BCUT2D eigenvalue weighted by molar-refractivity contribution is 0.624. The zero-order valence-corrected chi connectivity index (χ0v) is 19.2. The molecule has 34 heavy (non-hydrogen) atoms. The number of rotatable bonds is 7. The van der Waals surface area contributed by atoms with Gasteiger partial charge in [-0.3, -0.25) is 9.97 Å². The molecule has 1 atom stereocenters. The highest BCUT2D eigenvalue weighted by molar-refractivity contribution is 6.33. The lowest BCUT2D eigenvalue weighted by Crippen LogP contribution is -2.19. The smallest absolute Gasteiger partial charge is 0.126 e. The number of pyridine rings is 1. The Hall–Kier alpha value is -3.84. The third-order valence-corrected chi connectivity index (χ3v) is 5.86. The first-order valence-electron chi connectivity index (χ1n) is 10.9. The molecule has 0 saturated carbocycles. The number of hydrogen-bond acceptors (Lipinski definition) is 5. The molecule has 0 fully saturated rings. The van der Waals surface area contributed by atoms with Crippen molar-refractivity contribution in [1.29, 1.82) is 0 Å². The Morgan fingerprint density at radius 1 is 1.03 bits per heavy atom. The first-order valence-corrected chi connectivity index (χ1v) is 11.3. The minimum absolute atomic E-state index is 0.105. The Labute approximate surface area is 201 Å². The first-order chi connectivity index (χ1) is 16.5. The van der Waals surface area contributed by atoms with E-state index in [-0.39, 0.29) is 11.9 Å². The van der Waals surface area contributed by atoms with Crippen molar-refractivity contribution in [2.24, 2.45) is 0 Å². The maximum atomic E-state index is 13.6. The zero-order chi connectivity index (χ0) is 23.5. The van der Waals surface area contributed by atoms with Gasteiger partial charge in [-0.2, -0.15) is 0 Å². The summed E-state index contributed by atoms with van der Waals surface area (Å²) in [4.78, 5) is 17.4. The number of halogens is 2. The van der Waals surface area contributed by atoms with Gasteiger partial charge in [0.05, 0.1) is 28.1 Å². The molecule has 8 heteroatoms. The van der Waals surface area contributed by atoms with Gasteiger partial charge in [-0.05, 0) is 48.4 Å². The molecule has 0 aliphatic heterocycles. The van der Waals surface area contributed by atoms with Crippen molar-refractivity contribution >= 4 is 28.5 Å². The van der Waals surface area contributed by atoms with Crippen LogP contribution in [-0.2, 0) is 13.0 Å². The van der Waals surface area contributed by atoms with Gasteiger partial charge in [0, 0.05) is 49.4 Å². The maximum Gasteiger partial charge on any atom is 0.126 e. The summed E-state index contributed by atoms with van der Waals surface area (Å²) >= 11 is 6.54. The van der Waals surface area contributed by atoms with E-state index in [1.54, 1.807) is 37.2 Å². The third kappa shape index (κ3) is 4.89. The van der Waals surface area contributed by atoms with Crippen LogP contribution in [-0.4, -0.2) is 30.5 Å². The Bertz CT molecular complexity index is 1440. The second kappa shape index (κ2) is 9.57. The number of imidazole rings is 1. The van der Waals surface area contributed by atoms with E-state index in [0.717, 1.165) is 45.7 Å². The van der Waals surface area contributed by atoms with Gasteiger partial charge in [0.15, 0.2) is 0 Å². The van der Waals surface area contributed by atoms with Crippen LogP contribution in [0.15, 0.2) is 79.6 Å². The lowest BCUT2D eigenvalue weighted by Gasteiger charge is -2.15. The van der Waals surface area contributed by atoms with E-state index >= 15 is 0 Å². The van der Waals surface area contributed by atoms with Crippen LogP contribution in [0.25, 0.3) is 22.2 Å². The average Bonchev–Trinajstić information content (AvgIpc) is 3.23. The summed E-state index contributed by atoms with van der Waals surface area (Å²) in [6.45, 7) is 2.59. The number of nitrogens with one attached hydrogen (secondary N) is 1. The highest BCUT2D eigenvalue weighted by Crippen LogP contribution is 2.31. The summed E-state index contributed by atoms with van der Waals surface area (Å²) in [6, 6.07) is 14.7. The molecule has 0 aliphatic rings. The van der Waals surface area contributed by atoms with Gasteiger partial charge in [-0.1, -0.05) is 29.8 Å². The molecule has 5 rings (SSSR count). The van der Waals surface area contributed by atoms with Crippen LogP contribution in [0.4, 0.5) is 10.2 Å². The van der Waals surface area contributed by atoms with Crippen molar-refractivity contribution in [3.8, 4) is 11.1 Å². The molecule has 0 radical (unpaired) electrons. The second-order valence-corrected chi connectivity index (χ2v) is 8.61. The fourth-order valence-electron chi connectivity index (χ4n) is 3.97. The average molecular weight is 473 g/mol. The number of anilines is 1. The molecule has 0 bridgehead atoms. The van der Waals surface area contributed by atoms with Crippen LogP contribution in [0.1, 0.15) is 18.2 Å². The minimum atomic E-state index is -0.250. The molecule has 0 amide bonds. The molecule has 0 aliphatic carbocycles. The van der Waals surface area contributed by atoms with Crippen molar-refractivity contribution in [2.75, 3.05) is 5.32 Å². The summed E-state index contributed by atoms with van der Waals surface area (Å²) < 4.78 is 15.6. The summed E-state index contributed by atoms with van der Waals surface area (Å²) in [5.74, 6) is 0.476. The lowest BCUT2D eigenvalue weighted by atomic mass is 10.1. The van der Waals surface area contributed by atoms with Gasteiger partial charge >= 0.3 is 0 Å². The summed E-state index contributed by atoms with van der Waals surface area (Å²) in [5.41, 5.74) is 5.40. The Morgan fingerprint density at radius 3 is 2.76 bits per heavy atom.